The highest BCUT2D eigenvalue weighted by atomic mass is 35.5. The van der Waals surface area contributed by atoms with Crippen LogP contribution in [0.2, 0.25) is 15.1 Å². The van der Waals surface area contributed by atoms with Gasteiger partial charge >= 0.3 is 0 Å². The number of amides is 2. The van der Waals surface area contributed by atoms with E-state index in [-0.39, 0.29) is 44.6 Å². The summed E-state index contributed by atoms with van der Waals surface area (Å²) in [5, 5.41) is 26.1. The molecular weight excluding hydrogens is 551 g/mol. The minimum atomic E-state index is -0.577. The van der Waals surface area contributed by atoms with E-state index in [1.807, 2.05) is 13.8 Å². The zero-order valence-electron chi connectivity index (χ0n) is 19.3. The molecule has 14 heteroatoms. The quantitative estimate of drug-likeness (QED) is 0.196. The van der Waals surface area contributed by atoms with E-state index in [1.165, 1.54) is 24.3 Å². The molecule has 2 aromatic carbocycles. The Morgan fingerprint density at radius 2 is 1.83 bits per heavy atom. The lowest BCUT2D eigenvalue weighted by atomic mass is 10.0. The highest BCUT2D eigenvalue weighted by Gasteiger charge is 2.26. The number of nitrogens with zero attached hydrogens (tertiary/aromatic N) is 4. The first-order valence-electron chi connectivity index (χ1n) is 10.5. The van der Waals surface area contributed by atoms with Crippen molar-refractivity contribution in [3.63, 3.8) is 0 Å². The van der Waals surface area contributed by atoms with Crippen molar-refractivity contribution in [3.05, 3.63) is 73.0 Å². The van der Waals surface area contributed by atoms with Gasteiger partial charge in [0.15, 0.2) is 11.0 Å². The van der Waals surface area contributed by atoms with Crippen LogP contribution in [0.4, 0.5) is 11.4 Å². The summed E-state index contributed by atoms with van der Waals surface area (Å²) >= 11 is 19.2. The number of nitro benzene ring substituents is 1. The number of nitro groups is 1. The van der Waals surface area contributed by atoms with Crippen molar-refractivity contribution >= 4 is 69.8 Å². The number of hydrogen-bond donors (Lipinski definition) is 2. The molecule has 10 nitrogen and oxygen atoms in total. The number of carbonyl (C=O) groups is 2. The van der Waals surface area contributed by atoms with Gasteiger partial charge in [-0.05, 0) is 30.2 Å². The maximum Gasteiger partial charge on any atom is 0.271 e. The summed E-state index contributed by atoms with van der Waals surface area (Å²) in [6.07, 6.45) is 0. The Balaban J connectivity index is 1.69. The molecule has 0 radical (unpaired) electrons. The van der Waals surface area contributed by atoms with Crippen molar-refractivity contribution in [1.29, 1.82) is 0 Å². The smallest absolute Gasteiger partial charge is 0.271 e. The van der Waals surface area contributed by atoms with Crippen LogP contribution in [0.1, 0.15) is 36.1 Å². The van der Waals surface area contributed by atoms with Gasteiger partial charge in [-0.15, -0.1) is 10.2 Å². The van der Waals surface area contributed by atoms with Gasteiger partial charge in [0.25, 0.3) is 11.6 Å². The second kappa shape index (κ2) is 11.9. The highest BCUT2D eigenvalue weighted by Crippen LogP contribution is 2.28. The molecule has 3 rings (SSSR count). The molecule has 3 aromatic rings. The molecule has 190 valence electrons. The monoisotopic (exact) mass is 570 g/mol. The molecule has 0 saturated heterocycles. The van der Waals surface area contributed by atoms with Crippen LogP contribution in [0, 0.1) is 16.0 Å². The molecule has 1 aromatic heterocycles. The second-order valence-electron chi connectivity index (χ2n) is 7.98. The van der Waals surface area contributed by atoms with Crippen molar-refractivity contribution in [2.45, 2.75) is 25.0 Å². The number of hydrogen-bond acceptors (Lipinski definition) is 7. The van der Waals surface area contributed by atoms with Gasteiger partial charge in [0.2, 0.25) is 5.91 Å². The number of nitrogens with one attached hydrogen (secondary N) is 2. The van der Waals surface area contributed by atoms with Crippen LogP contribution in [0.25, 0.3) is 0 Å². The summed E-state index contributed by atoms with van der Waals surface area (Å²) in [4.78, 5) is 35.7. The lowest BCUT2D eigenvalue weighted by Gasteiger charge is -2.22. The first-order chi connectivity index (χ1) is 17.0. The Hall–Kier alpha value is -2.86. The van der Waals surface area contributed by atoms with E-state index in [0.717, 1.165) is 11.8 Å². The summed E-state index contributed by atoms with van der Waals surface area (Å²) in [6, 6.07) is 7.90. The fourth-order valence-electron chi connectivity index (χ4n) is 3.18. The summed E-state index contributed by atoms with van der Waals surface area (Å²) in [6.45, 7) is 3.85. The Morgan fingerprint density at radius 3 is 2.47 bits per heavy atom. The molecule has 0 spiro atoms. The topological polar surface area (TPSA) is 132 Å². The number of anilines is 1. The normalized spacial score (nSPS) is 11.9. The van der Waals surface area contributed by atoms with Crippen LogP contribution in [0.15, 0.2) is 41.6 Å². The maximum absolute atomic E-state index is 12.9. The minimum absolute atomic E-state index is 0.0416. The molecule has 1 atom stereocenters. The first-order valence-corrected chi connectivity index (χ1v) is 12.6. The maximum atomic E-state index is 12.9. The van der Waals surface area contributed by atoms with Crippen LogP contribution in [0.5, 0.6) is 0 Å². The van der Waals surface area contributed by atoms with Crippen LogP contribution in [-0.2, 0) is 11.8 Å². The van der Waals surface area contributed by atoms with E-state index in [4.69, 9.17) is 34.8 Å². The standard InChI is InChI=1S/C22H21Cl3N6O4S/c1-11(2)19(27-21(33)14-6-4-12(23)8-16(14)25)20-28-29-22(30(20)3)36-10-18(32)26-17-9-13(31(34)35)5-7-15(17)24/h4-9,11,19H,10H2,1-3H3,(H,26,32)(H,27,33)/t19-/m0/s1. The lowest BCUT2D eigenvalue weighted by Crippen LogP contribution is -2.33. The van der Waals surface area contributed by atoms with Gasteiger partial charge in [0, 0.05) is 24.2 Å². The predicted molar refractivity (Wildman–Crippen MR) is 140 cm³/mol. The largest absolute Gasteiger partial charge is 0.342 e. The molecule has 2 N–H and O–H groups in total. The molecule has 2 amide bonds. The molecule has 1 heterocycles. The predicted octanol–water partition coefficient (Wildman–Crippen LogP) is 5.54. The number of non-ortho nitro benzene ring substituents is 1. The van der Waals surface area contributed by atoms with Crippen LogP contribution in [0.3, 0.4) is 0 Å². The Morgan fingerprint density at radius 1 is 1.11 bits per heavy atom. The van der Waals surface area contributed by atoms with E-state index in [1.54, 1.807) is 23.7 Å². The van der Waals surface area contributed by atoms with Crippen molar-refractivity contribution in [1.82, 2.24) is 20.1 Å². The molecule has 0 aliphatic rings. The van der Waals surface area contributed by atoms with Gasteiger partial charge in [-0.2, -0.15) is 0 Å². The van der Waals surface area contributed by atoms with E-state index in [9.17, 15) is 19.7 Å². The summed E-state index contributed by atoms with van der Waals surface area (Å²) in [5.41, 5.74) is 0.223. The third-order valence-corrected chi connectivity index (χ3v) is 6.94. The van der Waals surface area contributed by atoms with Gasteiger partial charge < -0.3 is 15.2 Å². The summed E-state index contributed by atoms with van der Waals surface area (Å²) < 4.78 is 1.69. The van der Waals surface area contributed by atoms with Gasteiger partial charge in [0.1, 0.15) is 0 Å². The Labute approximate surface area is 225 Å². The van der Waals surface area contributed by atoms with E-state index < -0.39 is 16.9 Å². The molecule has 36 heavy (non-hydrogen) atoms. The van der Waals surface area contributed by atoms with Crippen LogP contribution in [-0.4, -0.2) is 37.3 Å². The first kappa shape index (κ1) is 27.7. The van der Waals surface area contributed by atoms with Crippen molar-refractivity contribution < 1.29 is 14.5 Å². The average molecular weight is 572 g/mol. The summed E-state index contributed by atoms with van der Waals surface area (Å²) in [5.74, 6) is -0.420. The van der Waals surface area contributed by atoms with Crippen LogP contribution >= 0.6 is 46.6 Å². The number of thioether (sulfide) groups is 1. The minimum Gasteiger partial charge on any atom is -0.342 e. The molecule has 0 saturated carbocycles. The fraction of sp³-hybridized carbons (Fsp3) is 0.273. The number of carbonyl (C=O) groups excluding carboxylic acids is 2. The van der Waals surface area contributed by atoms with E-state index in [0.29, 0.717) is 16.0 Å². The third kappa shape index (κ3) is 6.67. The van der Waals surface area contributed by atoms with E-state index >= 15 is 0 Å². The molecule has 0 aliphatic carbocycles. The fourth-order valence-corrected chi connectivity index (χ4v) is 4.56. The molecule has 0 fully saturated rings. The molecular formula is C22H21Cl3N6O4S. The number of benzene rings is 2. The summed E-state index contributed by atoms with van der Waals surface area (Å²) in [7, 11) is 1.73. The zero-order valence-corrected chi connectivity index (χ0v) is 22.4. The van der Waals surface area contributed by atoms with Gasteiger partial charge in [-0.3, -0.25) is 19.7 Å². The second-order valence-corrected chi connectivity index (χ2v) is 10.2. The van der Waals surface area contributed by atoms with Gasteiger partial charge in [-0.1, -0.05) is 60.4 Å². The van der Waals surface area contributed by atoms with Crippen molar-refractivity contribution in [3.8, 4) is 0 Å². The number of halogens is 3. The van der Waals surface area contributed by atoms with Crippen molar-refractivity contribution in [2.24, 2.45) is 13.0 Å². The average Bonchev–Trinajstić information content (AvgIpc) is 3.16. The molecule has 0 bridgehead atoms. The Bertz CT molecular complexity index is 1320. The highest BCUT2D eigenvalue weighted by molar-refractivity contribution is 7.99. The van der Waals surface area contributed by atoms with Crippen molar-refractivity contribution in [2.75, 3.05) is 11.1 Å². The number of aromatic nitrogens is 3. The molecule has 0 unspecified atom stereocenters. The zero-order chi connectivity index (χ0) is 26.6. The molecule has 0 aliphatic heterocycles. The SMILES string of the molecule is CC(C)[C@H](NC(=O)c1ccc(Cl)cc1Cl)c1nnc(SCC(=O)Nc2cc([N+](=O)[O-])ccc2Cl)n1C. The van der Waals surface area contributed by atoms with Gasteiger partial charge in [0.05, 0.1) is 38.0 Å². The Kier molecular flexibility index (Phi) is 9.18. The van der Waals surface area contributed by atoms with E-state index in [2.05, 4.69) is 20.8 Å². The van der Waals surface area contributed by atoms with Gasteiger partial charge in [-0.25, -0.2) is 0 Å². The van der Waals surface area contributed by atoms with Crippen LogP contribution < -0.4 is 10.6 Å². The lowest BCUT2D eigenvalue weighted by molar-refractivity contribution is -0.384. The number of rotatable bonds is 9. The third-order valence-electron chi connectivity index (χ3n) is 5.04.